The number of nitrogens with zero attached hydrogens (tertiary/aromatic N) is 1. The average Bonchev–Trinajstić information content (AvgIpc) is 3.23. The largest absolute Gasteiger partial charge is 0.458 e. The van der Waals surface area contributed by atoms with Crippen molar-refractivity contribution in [1.82, 2.24) is 0 Å². The zero-order valence-corrected chi connectivity index (χ0v) is 16.0. The molecule has 5 rings (SSSR count). The molecule has 0 N–H and O–H groups in total. The molecule has 0 fully saturated rings. The zero-order chi connectivity index (χ0) is 19.5. The first kappa shape index (κ1) is 17.4. The topological polar surface area (TPSA) is 21.6 Å². The Morgan fingerprint density at radius 2 is 1.00 bits per heavy atom. The van der Waals surface area contributed by atoms with Crippen LogP contribution in [0.5, 0.6) is 0 Å². The van der Waals surface area contributed by atoms with Crippen LogP contribution >= 0.6 is 0 Å². The second-order valence-corrected chi connectivity index (χ2v) is 7.18. The highest BCUT2D eigenvalue weighted by Crippen LogP contribution is 2.50. The molecule has 140 valence electrons. The molecule has 1 aliphatic heterocycles. The predicted octanol–water partition coefficient (Wildman–Crippen LogP) is 6.15. The van der Waals surface area contributed by atoms with E-state index in [-0.39, 0.29) is 6.04 Å². The van der Waals surface area contributed by atoms with Gasteiger partial charge >= 0.3 is 0 Å². The van der Waals surface area contributed by atoms with Gasteiger partial charge in [0.15, 0.2) is 5.60 Å². The quantitative estimate of drug-likeness (QED) is 0.419. The van der Waals surface area contributed by atoms with Gasteiger partial charge in [-0.15, -0.1) is 0 Å². The van der Waals surface area contributed by atoms with Crippen LogP contribution < -0.4 is 0 Å². The molecule has 1 aliphatic rings. The van der Waals surface area contributed by atoms with Crippen molar-refractivity contribution in [3.05, 3.63) is 144 Å². The lowest BCUT2D eigenvalue weighted by Gasteiger charge is -2.35. The van der Waals surface area contributed by atoms with Gasteiger partial charge in [-0.05, 0) is 17.7 Å². The van der Waals surface area contributed by atoms with E-state index in [1.54, 1.807) is 0 Å². The summed E-state index contributed by atoms with van der Waals surface area (Å²) in [5, 5.41) is 0. The molecular formula is C27H21NO. The number of ether oxygens (including phenoxy) is 1. The van der Waals surface area contributed by atoms with Crippen LogP contribution in [0.2, 0.25) is 0 Å². The number of aliphatic imine (C=N–C) groups is 1. The van der Waals surface area contributed by atoms with Gasteiger partial charge in [0, 0.05) is 16.7 Å². The lowest BCUT2D eigenvalue weighted by molar-refractivity contribution is 0.0980. The zero-order valence-electron chi connectivity index (χ0n) is 16.0. The summed E-state index contributed by atoms with van der Waals surface area (Å²) in [4.78, 5) is 5.13. The Kier molecular flexibility index (Phi) is 4.45. The van der Waals surface area contributed by atoms with E-state index in [9.17, 15) is 0 Å². The maximum absolute atomic E-state index is 6.82. The summed E-state index contributed by atoms with van der Waals surface area (Å²) in [5.74, 6) is 0.673. The summed E-state index contributed by atoms with van der Waals surface area (Å²) < 4.78 is 6.82. The van der Waals surface area contributed by atoms with Crippen molar-refractivity contribution < 1.29 is 4.74 Å². The molecule has 1 atom stereocenters. The second-order valence-electron chi connectivity index (χ2n) is 7.18. The minimum atomic E-state index is -0.727. The van der Waals surface area contributed by atoms with Crippen molar-refractivity contribution >= 4 is 5.90 Å². The Morgan fingerprint density at radius 1 is 0.552 bits per heavy atom. The normalized spacial score (nSPS) is 17.4. The highest BCUT2D eigenvalue weighted by atomic mass is 16.5. The summed E-state index contributed by atoms with van der Waals surface area (Å²) in [7, 11) is 0. The van der Waals surface area contributed by atoms with Crippen molar-refractivity contribution in [2.45, 2.75) is 11.6 Å². The smallest absolute Gasteiger partial charge is 0.218 e. The molecule has 0 saturated carbocycles. The summed E-state index contributed by atoms with van der Waals surface area (Å²) in [6.07, 6.45) is 0. The first-order chi connectivity index (χ1) is 14.4. The van der Waals surface area contributed by atoms with Gasteiger partial charge in [-0.25, -0.2) is 4.99 Å². The molecule has 29 heavy (non-hydrogen) atoms. The van der Waals surface area contributed by atoms with E-state index in [2.05, 4.69) is 72.8 Å². The Labute approximate surface area is 171 Å². The molecule has 2 nitrogen and oxygen atoms in total. The summed E-state index contributed by atoms with van der Waals surface area (Å²) >= 11 is 0. The van der Waals surface area contributed by atoms with Crippen LogP contribution in [0, 0.1) is 0 Å². The maximum Gasteiger partial charge on any atom is 0.218 e. The fourth-order valence-corrected chi connectivity index (χ4v) is 4.07. The van der Waals surface area contributed by atoms with E-state index in [1.165, 1.54) is 0 Å². The third kappa shape index (κ3) is 3.03. The number of rotatable bonds is 4. The second kappa shape index (κ2) is 7.40. The van der Waals surface area contributed by atoms with Crippen LogP contribution in [0.25, 0.3) is 0 Å². The summed E-state index contributed by atoms with van der Waals surface area (Å²) in [5.41, 5.74) is 3.58. The molecule has 4 aromatic carbocycles. The highest BCUT2D eigenvalue weighted by Gasteiger charge is 2.50. The molecule has 4 aromatic rings. The van der Waals surface area contributed by atoms with E-state index in [0.29, 0.717) is 5.90 Å². The van der Waals surface area contributed by atoms with Crippen LogP contribution in [0.15, 0.2) is 126 Å². The number of benzene rings is 4. The van der Waals surface area contributed by atoms with Crippen molar-refractivity contribution in [1.29, 1.82) is 0 Å². The van der Waals surface area contributed by atoms with Gasteiger partial charge in [-0.2, -0.15) is 0 Å². The SMILES string of the molecule is c1ccc(C2=N[C@H](c3ccccc3)C(c3ccccc3)(c3ccccc3)O2)cc1. The fraction of sp³-hybridized carbons (Fsp3) is 0.0741. The minimum absolute atomic E-state index is 0.191. The first-order valence-corrected chi connectivity index (χ1v) is 9.86. The maximum atomic E-state index is 6.82. The molecular weight excluding hydrogens is 354 g/mol. The van der Waals surface area contributed by atoms with Crippen molar-refractivity contribution in [3.8, 4) is 0 Å². The Balaban J connectivity index is 1.76. The van der Waals surface area contributed by atoms with E-state index in [0.717, 1.165) is 22.3 Å². The van der Waals surface area contributed by atoms with E-state index >= 15 is 0 Å². The Bertz CT molecular complexity index is 1070. The van der Waals surface area contributed by atoms with Crippen LogP contribution in [-0.4, -0.2) is 5.90 Å². The molecule has 0 aliphatic carbocycles. The van der Waals surface area contributed by atoms with Gasteiger partial charge in [0.05, 0.1) is 0 Å². The molecule has 0 radical (unpaired) electrons. The van der Waals surface area contributed by atoms with Crippen LogP contribution in [-0.2, 0) is 10.3 Å². The lowest BCUT2D eigenvalue weighted by atomic mass is 9.78. The molecule has 0 saturated heterocycles. The molecule has 0 bridgehead atoms. The summed E-state index contributed by atoms with van der Waals surface area (Å²) in [6, 6.07) is 41.2. The molecule has 1 heterocycles. The summed E-state index contributed by atoms with van der Waals surface area (Å²) in [6.45, 7) is 0. The molecule has 0 amide bonds. The minimum Gasteiger partial charge on any atom is -0.458 e. The molecule has 2 heteroatoms. The van der Waals surface area contributed by atoms with Gasteiger partial charge < -0.3 is 4.74 Å². The van der Waals surface area contributed by atoms with Crippen LogP contribution in [0.4, 0.5) is 0 Å². The lowest BCUT2D eigenvalue weighted by Crippen LogP contribution is -2.34. The molecule has 0 spiro atoms. The number of hydrogen-bond acceptors (Lipinski definition) is 2. The third-order valence-electron chi connectivity index (χ3n) is 5.43. The van der Waals surface area contributed by atoms with E-state index in [4.69, 9.17) is 9.73 Å². The Hall–Kier alpha value is -3.65. The molecule has 0 aromatic heterocycles. The monoisotopic (exact) mass is 375 g/mol. The van der Waals surface area contributed by atoms with Crippen LogP contribution in [0.1, 0.15) is 28.3 Å². The van der Waals surface area contributed by atoms with Crippen molar-refractivity contribution in [3.63, 3.8) is 0 Å². The third-order valence-corrected chi connectivity index (χ3v) is 5.43. The average molecular weight is 375 g/mol. The Morgan fingerprint density at radius 3 is 1.52 bits per heavy atom. The fourth-order valence-electron chi connectivity index (χ4n) is 4.07. The van der Waals surface area contributed by atoms with E-state index < -0.39 is 5.60 Å². The van der Waals surface area contributed by atoms with E-state index in [1.807, 2.05) is 48.5 Å². The van der Waals surface area contributed by atoms with Gasteiger partial charge in [0.2, 0.25) is 5.90 Å². The van der Waals surface area contributed by atoms with Gasteiger partial charge in [-0.1, -0.05) is 109 Å². The van der Waals surface area contributed by atoms with Gasteiger partial charge in [-0.3, -0.25) is 0 Å². The van der Waals surface area contributed by atoms with Gasteiger partial charge in [0.25, 0.3) is 0 Å². The predicted molar refractivity (Wildman–Crippen MR) is 117 cm³/mol. The molecule has 0 unspecified atom stereocenters. The standard InChI is InChI=1S/C27H21NO/c1-5-13-21(14-6-1)25-27(23-17-9-3-10-18-23,24-19-11-4-12-20-24)29-26(28-25)22-15-7-2-8-16-22/h1-20,25H/t25-/m1/s1. The first-order valence-electron chi connectivity index (χ1n) is 9.86. The van der Waals surface area contributed by atoms with Crippen LogP contribution in [0.3, 0.4) is 0 Å². The highest BCUT2D eigenvalue weighted by molar-refractivity contribution is 5.96. The number of hydrogen-bond donors (Lipinski definition) is 0. The van der Waals surface area contributed by atoms with Gasteiger partial charge in [0.1, 0.15) is 6.04 Å². The van der Waals surface area contributed by atoms with Crippen molar-refractivity contribution in [2.24, 2.45) is 4.99 Å². The van der Waals surface area contributed by atoms with Crippen molar-refractivity contribution in [2.75, 3.05) is 0 Å².